The SMILES string of the molecule is C/C=C/C=C/C(=O)OCCN. The van der Waals surface area contributed by atoms with Gasteiger partial charge in [0.05, 0.1) is 0 Å². The van der Waals surface area contributed by atoms with E-state index in [1.54, 1.807) is 12.2 Å². The van der Waals surface area contributed by atoms with Crippen molar-refractivity contribution < 1.29 is 9.53 Å². The summed E-state index contributed by atoms with van der Waals surface area (Å²) < 4.78 is 4.65. The third-order valence-corrected chi connectivity index (χ3v) is 0.898. The minimum Gasteiger partial charge on any atom is -0.461 e. The van der Waals surface area contributed by atoms with Crippen molar-refractivity contribution in [3.8, 4) is 0 Å². The largest absolute Gasteiger partial charge is 0.461 e. The third kappa shape index (κ3) is 6.80. The molecule has 3 nitrogen and oxygen atoms in total. The molecule has 62 valence electrons. The number of ether oxygens (including phenoxy) is 1. The lowest BCUT2D eigenvalue weighted by molar-refractivity contribution is -0.137. The number of carbonyl (C=O) groups is 1. The van der Waals surface area contributed by atoms with Gasteiger partial charge in [-0.05, 0) is 6.92 Å². The van der Waals surface area contributed by atoms with E-state index >= 15 is 0 Å². The summed E-state index contributed by atoms with van der Waals surface area (Å²) in [5, 5.41) is 0. The Labute approximate surface area is 66.5 Å². The van der Waals surface area contributed by atoms with Crippen LogP contribution in [0.4, 0.5) is 0 Å². The lowest BCUT2D eigenvalue weighted by Crippen LogP contribution is -2.11. The van der Waals surface area contributed by atoms with Crippen LogP contribution in [0.2, 0.25) is 0 Å². The minimum atomic E-state index is -0.353. The lowest BCUT2D eigenvalue weighted by Gasteiger charge is -1.95. The molecule has 0 amide bonds. The predicted molar refractivity (Wildman–Crippen MR) is 44.0 cm³/mol. The molecule has 0 aromatic carbocycles. The highest BCUT2D eigenvalue weighted by Crippen LogP contribution is 1.81. The Morgan fingerprint density at radius 2 is 2.27 bits per heavy atom. The van der Waals surface area contributed by atoms with Gasteiger partial charge in [-0.25, -0.2) is 4.79 Å². The summed E-state index contributed by atoms with van der Waals surface area (Å²) in [4.78, 5) is 10.7. The number of nitrogens with two attached hydrogens (primary N) is 1. The first-order valence-corrected chi connectivity index (χ1v) is 3.47. The van der Waals surface area contributed by atoms with Crippen LogP contribution in [0.15, 0.2) is 24.3 Å². The van der Waals surface area contributed by atoms with E-state index in [2.05, 4.69) is 4.74 Å². The molecule has 0 fully saturated rings. The van der Waals surface area contributed by atoms with Gasteiger partial charge in [0.2, 0.25) is 0 Å². The van der Waals surface area contributed by atoms with E-state index < -0.39 is 0 Å². The Bertz CT molecular complexity index is 161. The molecule has 3 heteroatoms. The van der Waals surface area contributed by atoms with Gasteiger partial charge in [0.15, 0.2) is 0 Å². The molecule has 0 aliphatic carbocycles. The van der Waals surface area contributed by atoms with E-state index in [1.165, 1.54) is 6.08 Å². The van der Waals surface area contributed by atoms with Crippen molar-refractivity contribution in [1.29, 1.82) is 0 Å². The van der Waals surface area contributed by atoms with E-state index in [1.807, 2.05) is 13.0 Å². The van der Waals surface area contributed by atoms with E-state index in [9.17, 15) is 4.79 Å². The van der Waals surface area contributed by atoms with E-state index in [-0.39, 0.29) is 12.6 Å². The number of hydrogen-bond acceptors (Lipinski definition) is 3. The fourth-order valence-corrected chi connectivity index (χ4v) is 0.453. The molecule has 0 bridgehead atoms. The van der Waals surface area contributed by atoms with Crippen molar-refractivity contribution in [2.24, 2.45) is 5.73 Å². The smallest absolute Gasteiger partial charge is 0.330 e. The van der Waals surface area contributed by atoms with Gasteiger partial charge in [-0.15, -0.1) is 0 Å². The highest BCUT2D eigenvalue weighted by atomic mass is 16.5. The fraction of sp³-hybridized carbons (Fsp3) is 0.375. The van der Waals surface area contributed by atoms with Gasteiger partial charge < -0.3 is 10.5 Å². The van der Waals surface area contributed by atoms with Crippen molar-refractivity contribution in [2.45, 2.75) is 6.92 Å². The molecule has 0 unspecified atom stereocenters. The topological polar surface area (TPSA) is 52.3 Å². The monoisotopic (exact) mass is 155 g/mol. The van der Waals surface area contributed by atoms with Gasteiger partial charge in [-0.1, -0.05) is 18.2 Å². The maximum Gasteiger partial charge on any atom is 0.330 e. The second kappa shape index (κ2) is 7.02. The highest BCUT2D eigenvalue weighted by Gasteiger charge is 1.91. The highest BCUT2D eigenvalue weighted by molar-refractivity contribution is 5.82. The zero-order chi connectivity index (χ0) is 8.53. The number of esters is 1. The van der Waals surface area contributed by atoms with Crippen molar-refractivity contribution in [3.05, 3.63) is 24.3 Å². The molecule has 0 saturated carbocycles. The fourth-order valence-electron chi connectivity index (χ4n) is 0.453. The van der Waals surface area contributed by atoms with Crippen LogP contribution < -0.4 is 5.73 Å². The molecule has 0 aliphatic rings. The van der Waals surface area contributed by atoms with Crippen LogP contribution in [0, 0.1) is 0 Å². The van der Waals surface area contributed by atoms with Gasteiger partial charge in [-0.2, -0.15) is 0 Å². The van der Waals surface area contributed by atoms with Gasteiger partial charge in [-0.3, -0.25) is 0 Å². The first-order chi connectivity index (χ1) is 5.31. The van der Waals surface area contributed by atoms with E-state index in [0.717, 1.165) is 0 Å². The molecule has 0 rings (SSSR count). The average molecular weight is 155 g/mol. The molecule has 0 aromatic rings. The van der Waals surface area contributed by atoms with Crippen LogP contribution in [0.1, 0.15) is 6.92 Å². The number of allylic oxidation sites excluding steroid dienone is 3. The quantitative estimate of drug-likeness (QED) is 0.368. The van der Waals surface area contributed by atoms with Crippen LogP contribution in [0.3, 0.4) is 0 Å². The first-order valence-electron chi connectivity index (χ1n) is 3.47. The van der Waals surface area contributed by atoms with E-state index in [4.69, 9.17) is 5.73 Å². The molecule has 0 radical (unpaired) electrons. The maximum atomic E-state index is 10.7. The zero-order valence-corrected chi connectivity index (χ0v) is 6.62. The molecule has 0 aromatic heterocycles. The second-order valence-corrected chi connectivity index (χ2v) is 1.84. The molecule has 0 spiro atoms. The Hall–Kier alpha value is -1.09. The van der Waals surface area contributed by atoms with Crippen molar-refractivity contribution in [1.82, 2.24) is 0 Å². The minimum absolute atomic E-state index is 0.277. The second-order valence-electron chi connectivity index (χ2n) is 1.84. The Morgan fingerprint density at radius 3 is 2.82 bits per heavy atom. The first kappa shape index (κ1) is 9.91. The summed E-state index contributed by atoms with van der Waals surface area (Å²) >= 11 is 0. The number of rotatable bonds is 4. The summed E-state index contributed by atoms with van der Waals surface area (Å²) in [7, 11) is 0. The molecule has 11 heavy (non-hydrogen) atoms. The summed E-state index contributed by atoms with van der Waals surface area (Å²) in [6.07, 6.45) is 6.56. The van der Waals surface area contributed by atoms with Crippen molar-refractivity contribution in [3.63, 3.8) is 0 Å². The number of carbonyl (C=O) groups excluding carboxylic acids is 1. The normalized spacial score (nSPS) is 11.1. The summed E-state index contributed by atoms with van der Waals surface area (Å²) in [5.41, 5.74) is 5.12. The van der Waals surface area contributed by atoms with E-state index in [0.29, 0.717) is 6.54 Å². The van der Waals surface area contributed by atoms with Crippen molar-refractivity contribution in [2.75, 3.05) is 13.2 Å². The van der Waals surface area contributed by atoms with Gasteiger partial charge in [0.25, 0.3) is 0 Å². The molecule has 0 saturated heterocycles. The average Bonchev–Trinajstić information content (AvgIpc) is 2.01. The van der Waals surface area contributed by atoms with Gasteiger partial charge >= 0.3 is 5.97 Å². The molecule has 0 heterocycles. The van der Waals surface area contributed by atoms with Gasteiger partial charge in [0.1, 0.15) is 6.61 Å². The summed E-state index contributed by atoms with van der Waals surface area (Å²) in [6, 6.07) is 0. The Kier molecular flexibility index (Phi) is 6.33. The molecule has 2 N–H and O–H groups in total. The van der Waals surface area contributed by atoms with Crippen LogP contribution in [-0.4, -0.2) is 19.1 Å². The lowest BCUT2D eigenvalue weighted by atomic mass is 10.4. The van der Waals surface area contributed by atoms with Crippen LogP contribution in [0.5, 0.6) is 0 Å². The Balaban J connectivity index is 3.51. The van der Waals surface area contributed by atoms with Crippen LogP contribution in [-0.2, 0) is 9.53 Å². The predicted octanol–water partition coefficient (Wildman–Crippen LogP) is 0.621. The maximum absolute atomic E-state index is 10.7. The van der Waals surface area contributed by atoms with Gasteiger partial charge in [0, 0.05) is 12.6 Å². The zero-order valence-electron chi connectivity index (χ0n) is 6.62. The third-order valence-electron chi connectivity index (χ3n) is 0.898. The Morgan fingerprint density at radius 1 is 1.55 bits per heavy atom. The van der Waals surface area contributed by atoms with Crippen LogP contribution >= 0.6 is 0 Å². The molecule has 0 atom stereocenters. The summed E-state index contributed by atoms with van der Waals surface area (Å²) in [5.74, 6) is -0.353. The van der Waals surface area contributed by atoms with Crippen LogP contribution in [0.25, 0.3) is 0 Å². The molecular formula is C8H13NO2. The standard InChI is InChI=1S/C8H13NO2/c1-2-3-4-5-8(10)11-7-6-9/h2-5H,6-7,9H2,1H3/b3-2+,5-4+. The molecular weight excluding hydrogens is 142 g/mol. The number of hydrogen-bond donors (Lipinski definition) is 1. The molecule has 0 aliphatic heterocycles. The summed E-state index contributed by atoms with van der Waals surface area (Å²) in [6.45, 7) is 2.51. The van der Waals surface area contributed by atoms with Crippen molar-refractivity contribution >= 4 is 5.97 Å².